The smallest absolute Gasteiger partial charge is 0.191 e. The second-order valence-corrected chi connectivity index (χ2v) is 9.56. The van der Waals surface area contributed by atoms with Crippen molar-refractivity contribution in [2.45, 2.75) is 37.2 Å². The molecule has 2 heterocycles. The molecule has 0 spiro atoms. The van der Waals surface area contributed by atoms with Crippen molar-refractivity contribution in [2.75, 3.05) is 17.7 Å². The van der Waals surface area contributed by atoms with Crippen LogP contribution in [0.3, 0.4) is 0 Å². The lowest BCUT2D eigenvalue weighted by Crippen LogP contribution is -2.26. The molecule has 28 heavy (non-hydrogen) atoms. The fourth-order valence-corrected chi connectivity index (χ4v) is 4.95. The second kappa shape index (κ2) is 9.34. The van der Waals surface area contributed by atoms with E-state index in [0.29, 0.717) is 37.9 Å². The van der Waals surface area contributed by atoms with E-state index in [1.165, 1.54) is 35.2 Å². The Balaban J connectivity index is 1.86. The van der Waals surface area contributed by atoms with Crippen LogP contribution in [-0.4, -0.2) is 32.7 Å². The number of hydrogen-bond acceptors (Lipinski definition) is 8. The lowest BCUT2D eigenvalue weighted by Gasteiger charge is -2.19. The summed E-state index contributed by atoms with van der Waals surface area (Å²) in [5.74, 6) is 1.33. The summed E-state index contributed by atoms with van der Waals surface area (Å²) in [7, 11) is 0. The number of nitrogens with zero attached hydrogens (tertiary/aromatic N) is 3. The van der Waals surface area contributed by atoms with Crippen molar-refractivity contribution in [3.8, 4) is 0 Å². The number of thioether (sulfide) groups is 1. The van der Waals surface area contributed by atoms with Crippen molar-refractivity contribution < 1.29 is 9.50 Å². The molecule has 0 fully saturated rings. The SMILES string of the molecule is CC(C)C[C@H](CO)Nc1nc(SCc2ccc(F)cc2Br)nc2nc(N)sc12. The van der Waals surface area contributed by atoms with Gasteiger partial charge < -0.3 is 16.2 Å². The Bertz CT molecular complexity index is 969. The number of thiazole rings is 1. The summed E-state index contributed by atoms with van der Waals surface area (Å²) in [5, 5.41) is 14.0. The molecule has 0 saturated heterocycles. The molecule has 2 aromatic heterocycles. The number of nitrogens with two attached hydrogens (primary N) is 1. The minimum atomic E-state index is -0.289. The van der Waals surface area contributed by atoms with Gasteiger partial charge in [-0.3, -0.25) is 0 Å². The third-order valence-corrected chi connectivity index (χ3v) is 6.45. The predicted molar refractivity (Wildman–Crippen MR) is 117 cm³/mol. The molecular formula is C18H21BrFN5OS2. The summed E-state index contributed by atoms with van der Waals surface area (Å²) < 4.78 is 14.8. The quantitative estimate of drug-likeness (QED) is 0.314. The van der Waals surface area contributed by atoms with E-state index in [4.69, 9.17) is 5.73 Å². The minimum Gasteiger partial charge on any atom is -0.394 e. The highest BCUT2D eigenvalue weighted by Gasteiger charge is 2.17. The number of rotatable bonds is 8. The summed E-state index contributed by atoms with van der Waals surface area (Å²) in [6.45, 7) is 4.21. The van der Waals surface area contributed by atoms with Gasteiger partial charge in [0.2, 0.25) is 0 Å². The molecule has 150 valence electrons. The highest BCUT2D eigenvalue weighted by atomic mass is 79.9. The first-order chi connectivity index (χ1) is 13.4. The molecule has 0 saturated carbocycles. The van der Waals surface area contributed by atoms with Gasteiger partial charge >= 0.3 is 0 Å². The van der Waals surface area contributed by atoms with Gasteiger partial charge in [0, 0.05) is 10.2 Å². The molecule has 0 unspecified atom stereocenters. The Morgan fingerprint density at radius 3 is 2.79 bits per heavy atom. The zero-order valence-corrected chi connectivity index (χ0v) is 18.7. The molecule has 0 aliphatic rings. The number of nitrogen functional groups attached to an aromatic ring is 1. The number of hydrogen-bond donors (Lipinski definition) is 3. The normalized spacial score (nSPS) is 12.6. The topological polar surface area (TPSA) is 97.0 Å². The monoisotopic (exact) mass is 485 g/mol. The molecule has 0 bridgehead atoms. The molecule has 0 aliphatic carbocycles. The molecule has 3 aromatic rings. The predicted octanol–water partition coefficient (Wildman–Crippen LogP) is 4.68. The van der Waals surface area contributed by atoms with Crippen molar-refractivity contribution in [3.63, 3.8) is 0 Å². The van der Waals surface area contributed by atoms with Gasteiger partial charge in [-0.25, -0.2) is 19.3 Å². The van der Waals surface area contributed by atoms with Crippen LogP contribution >= 0.6 is 39.0 Å². The number of nitrogens with one attached hydrogen (secondary N) is 1. The Morgan fingerprint density at radius 1 is 1.32 bits per heavy atom. The summed E-state index contributed by atoms with van der Waals surface area (Å²) in [4.78, 5) is 13.4. The van der Waals surface area contributed by atoms with Crippen molar-refractivity contribution in [2.24, 2.45) is 5.92 Å². The number of fused-ring (bicyclic) bond motifs is 1. The van der Waals surface area contributed by atoms with Crippen LogP contribution < -0.4 is 11.1 Å². The number of benzene rings is 1. The first kappa shape index (κ1) is 21.2. The Labute approximate surface area is 179 Å². The molecule has 1 aromatic carbocycles. The van der Waals surface area contributed by atoms with E-state index in [9.17, 15) is 9.50 Å². The maximum absolute atomic E-state index is 13.3. The lowest BCUT2D eigenvalue weighted by molar-refractivity contribution is 0.259. The van der Waals surface area contributed by atoms with E-state index >= 15 is 0 Å². The second-order valence-electron chi connectivity index (χ2n) is 6.74. The number of aromatic nitrogens is 3. The molecular weight excluding hydrogens is 465 g/mol. The average Bonchev–Trinajstić information content (AvgIpc) is 3.00. The van der Waals surface area contributed by atoms with E-state index in [0.717, 1.165) is 16.7 Å². The third-order valence-electron chi connectivity index (χ3n) is 3.94. The summed E-state index contributed by atoms with van der Waals surface area (Å²) >= 11 is 6.13. The van der Waals surface area contributed by atoms with E-state index in [2.05, 4.69) is 50.0 Å². The van der Waals surface area contributed by atoms with Crippen LogP contribution in [0, 0.1) is 11.7 Å². The molecule has 3 rings (SSSR count). The number of anilines is 2. The molecule has 1 atom stereocenters. The van der Waals surface area contributed by atoms with E-state index < -0.39 is 0 Å². The molecule has 0 aliphatic heterocycles. The van der Waals surface area contributed by atoms with Crippen LogP contribution in [0.4, 0.5) is 15.3 Å². The lowest BCUT2D eigenvalue weighted by atomic mass is 10.0. The van der Waals surface area contributed by atoms with Gasteiger partial charge in [-0.2, -0.15) is 0 Å². The van der Waals surface area contributed by atoms with Gasteiger partial charge in [-0.05, 0) is 30.0 Å². The van der Waals surface area contributed by atoms with Crippen LogP contribution in [0.5, 0.6) is 0 Å². The number of aliphatic hydroxyl groups is 1. The Morgan fingerprint density at radius 2 is 2.11 bits per heavy atom. The zero-order valence-electron chi connectivity index (χ0n) is 15.4. The van der Waals surface area contributed by atoms with Gasteiger partial charge in [-0.15, -0.1) is 0 Å². The van der Waals surface area contributed by atoms with Gasteiger partial charge in [-0.1, -0.05) is 58.9 Å². The van der Waals surface area contributed by atoms with Gasteiger partial charge in [0.15, 0.2) is 21.8 Å². The third kappa shape index (κ3) is 5.31. The van der Waals surface area contributed by atoms with Crippen molar-refractivity contribution in [3.05, 3.63) is 34.1 Å². The molecule has 0 radical (unpaired) electrons. The van der Waals surface area contributed by atoms with Crippen molar-refractivity contribution in [1.82, 2.24) is 15.0 Å². The van der Waals surface area contributed by atoms with Crippen molar-refractivity contribution >= 4 is 60.3 Å². The van der Waals surface area contributed by atoms with Crippen LogP contribution in [0.15, 0.2) is 27.8 Å². The first-order valence-electron chi connectivity index (χ1n) is 8.74. The number of halogens is 2. The maximum Gasteiger partial charge on any atom is 0.191 e. The maximum atomic E-state index is 13.3. The van der Waals surface area contributed by atoms with Crippen LogP contribution in [0.25, 0.3) is 10.3 Å². The minimum absolute atomic E-state index is 0.00294. The first-order valence-corrected chi connectivity index (χ1v) is 11.3. The fourth-order valence-electron chi connectivity index (χ4n) is 2.71. The molecule has 0 amide bonds. The molecule has 10 heteroatoms. The molecule has 4 N–H and O–H groups in total. The van der Waals surface area contributed by atoms with Crippen LogP contribution in [0.2, 0.25) is 0 Å². The zero-order chi connectivity index (χ0) is 20.3. The van der Waals surface area contributed by atoms with Crippen molar-refractivity contribution in [1.29, 1.82) is 0 Å². The van der Waals surface area contributed by atoms with Crippen LogP contribution in [0.1, 0.15) is 25.8 Å². The van der Waals surface area contributed by atoms with Gasteiger partial charge in [0.05, 0.1) is 12.6 Å². The van der Waals surface area contributed by atoms with Crippen LogP contribution in [-0.2, 0) is 5.75 Å². The van der Waals surface area contributed by atoms with E-state index in [-0.39, 0.29) is 18.5 Å². The fraction of sp³-hybridized carbons (Fsp3) is 0.389. The standard InChI is InChI=1S/C18H21BrFN5OS2/c1-9(2)5-12(7-26)22-15-14-16(23-17(21)28-14)25-18(24-15)27-8-10-3-4-11(20)6-13(10)19/h3-4,6,9,12,26H,5,7-8H2,1-2H3,(H3,21,22,23,24,25)/t12-/m1/s1. The highest BCUT2D eigenvalue weighted by molar-refractivity contribution is 9.10. The summed E-state index contributed by atoms with van der Waals surface area (Å²) in [6, 6.07) is 4.48. The van der Waals surface area contributed by atoms with E-state index in [1.807, 2.05) is 0 Å². The van der Waals surface area contributed by atoms with Gasteiger partial charge in [0.25, 0.3) is 0 Å². The number of aliphatic hydroxyl groups excluding tert-OH is 1. The summed E-state index contributed by atoms with van der Waals surface area (Å²) in [5.41, 5.74) is 7.34. The Hall–Kier alpha value is -1.49. The van der Waals surface area contributed by atoms with Gasteiger partial charge in [0.1, 0.15) is 10.5 Å². The van der Waals surface area contributed by atoms with E-state index in [1.54, 1.807) is 6.07 Å². The Kier molecular flexibility index (Phi) is 7.08. The highest BCUT2D eigenvalue weighted by Crippen LogP contribution is 2.33. The summed E-state index contributed by atoms with van der Waals surface area (Å²) in [6.07, 6.45) is 0.807. The average molecular weight is 486 g/mol. The molecule has 6 nitrogen and oxygen atoms in total. The largest absolute Gasteiger partial charge is 0.394 e.